The maximum Gasteiger partial charge on any atom is 0.410 e. The van der Waals surface area contributed by atoms with Gasteiger partial charge in [-0.15, -0.1) is 0 Å². The van der Waals surface area contributed by atoms with Crippen LogP contribution >= 0.6 is 0 Å². The molecule has 1 aromatic carbocycles. The molecule has 0 saturated carbocycles. The van der Waals surface area contributed by atoms with E-state index in [1.165, 1.54) is 5.56 Å². The number of piperazine rings is 1. The summed E-state index contributed by atoms with van der Waals surface area (Å²) in [5.74, 6) is 0.332. The summed E-state index contributed by atoms with van der Waals surface area (Å²) in [6, 6.07) is 5.69. The Bertz CT molecular complexity index is 529. The summed E-state index contributed by atoms with van der Waals surface area (Å²) in [4.78, 5) is 16.1. The number of rotatable bonds is 2. The zero-order valence-electron chi connectivity index (χ0n) is 13.9. The molecule has 1 saturated heterocycles. The fraction of sp³-hybridized carbons (Fsp3) is 0.588. The van der Waals surface area contributed by atoms with Crippen LogP contribution in [0.4, 0.5) is 4.79 Å². The number of hydrogen-bond donors (Lipinski definition) is 1. The van der Waals surface area contributed by atoms with E-state index in [9.17, 15) is 9.90 Å². The van der Waals surface area contributed by atoms with Gasteiger partial charge < -0.3 is 14.7 Å². The summed E-state index contributed by atoms with van der Waals surface area (Å²) < 4.78 is 5.40. The van der Waals surface area contributed by atoms with E-state index >= 15 is 0 Å². The van der Waals surface area contributed by atoms with E-state index in [0.29, 0.717) is 18.8 Å². The molecule has 5 nitrogen and oxygen atoms in total. The van der Waals surface area contributed by atoms with Crippen LogP contribution in [0.1, 0.15) is 31.9 Å². The van der Waals surface area contributed by atoms with Crippen molar-refractivity contribution < 1.29 is 14.6 Å². The number of hydrogen-bond acceptors (Lipinski definition) is 4. The fourth-order valence-corrected chi connectivity index (χ4v) is 2.49. The second-order valence-corrected chi connectivity index (χ2v) is 6.86. The molecule has 0 spiro atoms. The van der Waals surface area contributed by atoms with Gasteiger partial charge in [0.05, 0.1) is 0 Å². The van der Waals surface area contributed by atoms with Crippen molar-refractivity contribution in [2.45, 2.75) is 39.8 Å². The minimum absolute atomic E-state index is 0.229. The molecule has 122 valence electrons. The Hall–Kier alpha value is -1.75. The van der Waals surface area contributed by atoms with Crippen molar-refractivity contribution >= 4 is 6.09 Å². The van der Waals surface area contributed by atoms with E-state index in [2.05, 4.69) is 4.90 Å². The van der Waals surface area contributed by atoms with Gasteiger partial charge >= 0.3 is 6.09 Å². The molecular weight excluding hydrogens is 280 g/mol. The van der Waals surface area contributed by atoms with Gasteiger partial charge in [-0.2, -0.15) is 0 Å². The second-order valence-electron chi connectivity index (χ2n) is 6.86. The van der Waals surface area contributed by atoms with E-state index in [1.807, 2.05) is 39.8 Å². The predicted molar refractivity (Wildman–Crippen MR) is 85.9 cm³/mol. The van der Waals surface area contributed by atoms with Gasteiger partial charge in [-0.1, -0.05) is 12.1 Å². The molecule has 0 atom stereocenters. The Morgan fingerprint density at radius 3 is 2.41 bits per heavy atom. The summed E-state index contributed by atoms with van der Waals surface area (Å²) in [5.41, 5.74) is 1.63. The van der Waals surface area contributed by atoms with Gasteiger partial charge in [0, 0.05) is 32.7 Å². The van der Waals surface area contributed by atoms with Gasteiger partial charge in [-0.3, -0.25) is 4.90 Å². The van der Waals surface area contributed by atoms with E-state index in [-0.39, 0.29) is 6.09 Å². The third-order valence-corrected chi connectivity index (χ3v) is 3.69. The van der Waals surface area contributed by atoms with Crippen LogP contribution in [0.2, 0.25) is 0 Å². The van der Waals surface area contributed by atoms with Gasteiger partial charge in [0.2, 0.25) is 0 Å². The maximum atomic E-state index is 12.0. The lowest BCUT2D eigenvalue weighted by molar-refractivity contribution is 0.0139. The van der Waals surface area contributed by atoms with E-state index in [1.54, 1.807) is 11.0 Å². The van der Waals surface area contributed by atoms with Crippen molar-refractivity contribution in [3.05, 3.63) is 29.3 Å². The van der Waals surface area contributed by atoms with Gasteiger partial charge in [-0.05, 0) is 44.9 Å². The summed E-state index contributed by atoms with van der Waals surface area (Å²) in [5, 5.41) is 9.57. The number of amides is 1. The van der Waals surface area contributed by atoms with E-state index < -0.39 is 5.60 Å². The highest BCUT2D eigenvalue weighted by atomic mass is 16.6. The van der Waals surface area contributed by atoms with Crippen LogP contribution in [0.15, 0.2) is 18.2 Å². The van der Waals surface area contributed by atoms with E-state index in [4.69, 9.17) is 4.74 Å². The van der Waals surface area contributed by atoms with Crippen LogP contribution in [0.5, 0.6) is 5.75 Å². The number of aryl methyl sites for hydroxylation is 1. The first kappa shape index (κ1) is 16.6. The molecule has 1 amide bonds. The van der Waals surface area contributed by atoms with Gasteiger partial charge in [0.25, 0.3) is 0 Å². The molecular formula is C17H26N2O3. The normalized spacial score (nSPS) is 16.6. The molecule has 0 radical (unpaired) electrons. The summed E-state index contributed by atoms with van der Waals surface area (Å²) in [6.07, 6.45) is -0.229. The van der Waals surface area contributed by atoms with Crippen molar-refractivity contribution in [2.75, 3.05) is 26.2 Å². The molecule has 0 aliphatic carbocycles. The maximum absolute atomic E-state index is 12.0. The highest BCUT2D eigenvalue weighted by Gasteiger charge is 2.25. The van der Waals surface area contributed by atoms with Crippen molar-refractivity contribution in [2.24, 2.45) is 0 Å². The van der Waals surface area contributed by atoms with Crippen molar-refractivity contribution in [3.63, 3.8) is 0 Å². The molecule has 1 fully saturated rings. The van der Waals surface area contributed by atoms with Gasteiger partial charge in [0.15, 0.2) is 0 Å². The van der Waals surface area contributed by atoms with Crippen molar-refractivity contribution in [3.8, 4) is 5.75 Å². The lowest BCUT2D eigenvalue weighted by Crippen LogP contribution is -2.49. The van der Waals surface area contributed by atoms with Crippen LogP contribution in [-0.4, -0.2) is 52.8 Å². The van der Waals surface area contributed by atoms with Gasteiger partial charge in [-0.25, -0.2) is 4.79 Å². The third kappa shape index (κ3) is 4.63. The number of carbonyl (C=O) groups is 1. The zero-order valence-corrected chi connectivity index (χ0v) is 13.9. The molecule has 1 aromatic rings. The molecule has 2 rings (SSSR count). The first-order valence-corrected chi connectivity index (χ1v) is 7.73. The Kier molecular flexibility index (Phi) is 4.96. The zero-order chi connectivity index (χ0) is 16.3. The molecule has 1 heterocycles. The molecule has 0 aromatic heterocycles. The van der Waals surface area contributed by atoms with E-state index in [0.717, 1.165) is 25.2 Å². The van der Waals surface area contributed by atoms with Gasteiger partial charge in [0.1, 0.15) is 11.4 Å². The highest BCUT2D eigenvalue weighted by Crippen LogP contribution is 2.19. The fourth-order valence-electron chi connectivity index (χ4n) is 2.49. The van der Waals surface area contributed by atoms with Crippen molar-refractivity contribution in [1.82, 2.24) is 9.80 Å². The average molecular weight is 306 g/mol. The number of nitrogens with zero attached hydrogens (tertiary/aromatic N) is 2. The number of aromatic hydroxyl groups is 1. The Labute approximate surface area is 132 Å². The van der Waals surface area contributed by atoms with Crippen LogP contribution in [0.25, 0.3) is 0 Å². The third-order valence-electron chi connectivity index (χ3n) is 3.69. The minimum atomic E-state index is -0.447. The lowest BCUT2D eigenvalue weighted by Gasteiger charge is -2.35. The molecule has 1 aliphatic rings. The lowest BCUT2D eigenvalue weighted by atomic mass is 10.1. The molecule has 22 heavy (non-hydrogen) atoms. The van der Waals surface area contributed by atoms with Crippen LogP contribution < -0.4 is 0 Å². The smallest absolute Gasteiger partial charge is 0.410 e. The summed E-state index contributed by atoms with van der Waals surface area (Å²) >= 11 is 0. The Morgan fingerprint density at radius 1 is 1.23 bits per heavy atom. The Balaban J connectivity index is 1.84. The van der Waals surface area contributed by atoms with Crippen LogP contribution in [0, 0.1) is 6.92 Å². The molecule has 0 unspecified atom stereocenters. The summed E-state index contributed by atoms with van der Waals surface area (Å²) in [7, 11) is 0. The average Bonchev–Trinajstić information content (AvgIpc) is 2.42. The molecule has 1 N–H and O–H groups in total. The highest BCUT2D eigenvalue weighted by molar-refractivity contribution is 5.68. The first-order chi connectivity index (χ1) is 10.2. The number of phenolic OH excluding ortho intramolecular Hbond substituents is 1. The largest absolute Gasteiger partial charge is 0.508 e. The quantitative estimate of drug-likeness (QED) is 0.913. The minimum Gasteiger partial charge on any atom is -0.508 e. The molecule has 1 aliphatic heterocycles. The number of ether oxygens (including phenoxy) is 1. The standard InChI is InChI=1S/C17H26N2O3/c1-13-11-14(5-6-15(13)20)12-18-7-9-19(10-8-18)16(21)22-17(2,3)4/h5-6,11,20H,7-10,12H2,1-4H3. The predicted octanol–water partition coefficient (Wildman–Crippen LogP) is 2.75. The Morgan fingerprint density at radius 2 is 1.86 bits per heavy atom. The second kappa shape index (κ2) is 6.57. The molecule has 5 heteroatoms. The monoisotopic (exact) mass is 306 g/mol. The SMILES string of the molecule is Cc1cc(CN2CCN(C(=O)OC(C)(C)C)CC2)ccc1O. The topological polar surface area (TPSA) is 53.0 Å². The first-order valence-electron chi connectivity index (χ1n) is 7.73. The summed E-state index contributed by atoms with van der Waals surface area (Å²) in [6.45, 7) is 11.4. The van der Waals surface area contributed by atoms with Crippen molar-refractivity contribution in [1.29, 1.82) is 0 Å². The molecule has 0 bridgehead atoms. The number of benzene rings is 1. The number of phenols is 1. The number of carbonyl (C=O) groups excluding carboxylic acids is 1. The van der Waals surface area contributed by atoms with Crippen LogP contribution in [0.3, 0.4) is 0 Å². The van der Waals surface area contributed by atoms with Crippen LogP contribution in [-0.2, 0) is 11.3 Å².